The van der Waals surface area contributed by atoms with Crippen LogP contribution in [0.25, 0.3) is 0 Å². The number of phenols is 2. The van der Waals surface area contributed by atoms with E-state index in [1.807, 2.05) is 12.1 Å². The topological polar surface area (TPSA) is 57.1 Å². The number of aromatic hydroxyl groups is 2. The lowest BCUT2D eigenvalue weighted by atomic mass is 9.89. The second-order valence-corrected chi connectivity index (χ2v) is 5.78. The Morgan fingerprint density at radius 1 is 1.00 bits per heavy atom. The number of hydrogen-bond acceptors (Lipinski definition) is 2. The molecule has 20 heavy (non-hydrogen) atoms. The number of benzene rings is 2. The van der Waals surface area contributed by atoms with Crippen molar-refractivity contribution in [2.24, 2.45) is 0 Å². The highest BCUT2D eigenvalue weighted by Gasteiger charge is 2.26. The molecule has 5 heteroatoms. The normalized spacial score (nSPS) is 17.8. The van der Waals surface area contributed by atoms with Gasteiger partial charge in [0.2, 0.25) is 0 Å². The summed E-state index contributed by atoms with van der Waals surface area (Å²) in [6, 6.07) is 8.90. The highest BCUT2D eigenvalue weighted by Crippen LogP contribution is 2.35. The van der Waals surface area contributed by atoms with Crippen molar-refractivity contribution in [1.82, 2.24) is 0 Å². The minimum absolute atomic E-state index is 0.0556. The number of fused-ring (bicyclic) bond motifs is 1. The zero-order valence-corrected chi connectivity index (χ0v) is 12.1. The third-order valence-electron chi connectivity index (χ3n) is 3.69. The zero-order valence-electron chi connectivity index (χ0n) is 10.6. The van der Waals surface area contributed by atoms with Crippen molar-refractivity contribution >= 4 is 23.2 Å². The average Bonchev–Trinajstić information content (AvgIpc) is 2.43. The summed E-state index contributed by atoms with van der Waals surface area (Å²) in [7, 11) is 0. The lowest BCUT2D eigenvalue weighted by Crippen LogP contribution is -2.87. The Bertz CT molecular complexity index is 673. The van der Waals surface area contributed by atoms with E-state index in [-0.39, 0.29) is 17.5 Å². The molecule has 3 nitrogen and oxygen atoms in total. The second kappa shape index (κ2) is 5.17. The van der Waals surface area contributed by atoms with E-state index in [4.69, 9.17) is 23.2 Å². The Kier molecular flexibility index (Phi) is 3.50. The van der Waals surface area contributed by atoms with Crippen molar-refractivity contribution in [3.63, 3.8) is 0 Å². The molecule has 0 bridgehead atoms. The lowest BCUT2D eigenvalue weighted by Gasteiger charge is -2.25. The van der Waals surface area contributed by atoms with E-state index >= 15 is 0 Å². The van der Waals surface area contributed by atoms with Crippen LogP contribution < -0.4 is 5.32 Å². The van der Waals surface area contributed by atoms with Gasteiger partial charge in [0.25, 0.3) is 0 Å². The molecule has 1 atom stereocenters. The molecule has 0 saturated heterocycles. The molecular weight excluding hydrogens is 297 g/mol. The maximum absolute atomic E-state index is 9.73. The molecular formula is C15H14Cl2NO2+. The highest BCUT2D eigenvalue weighted by molar-refractivity contribution is 6.42. The van der Waals surface area contributed by atoms with Gasteiger partial charge >= 0.3 is 0 Å². The van der Waals surface area contributed by atoms with Gasteiger partial charge in [0.1, 0.15) is 6.04 Å². The molecule has 2 aromatic rings. The Morgan fingerprint density at radius 3 is 2.50 bits per heavy atom. The van der Waals surface area contributed by atoms with Crippen LogP contribution in [0.1, 0.15) is 22.7 Å². The smallest absolute Gasteiger partial charge is 0.157 e. The first kappa shape index (κ1) is 13.6. The van der Waals surface area contributed by atoms with E-state index in [1.165, 1.54) is 0 Å². The molecule has 2 aromatic carbocycles. The monoisotopic (exact) mass is 310 g/mol. The van der Waals surface area contributed by atoms with E-state index < -0.39 is 0 Å². The molecule has 0 radical (unpaired) electrons. The number of hydrogen-bond donors (Lipinski definition) is 3. The van der Waals surface area contributed by atoms with E-state index in [0.717, 1.165) is 29.7 Å². The maximum atomic E-state index is 9.73. The Balaban J connectivity index is 2.09. The number of quaternary nitrogens is 1. The lowest BCUT2D eigenvalue weighted by molar-refractivity contribution is -0.690. The summed E-state index contributed by atoms with van der Waals surface area (Å²) in [5, 5.41) is 22.6. The number of rotatable bonds is 1. The van der Waals surface area contributed by atoms with Gasteiger partial charge in [-0.25, -0.2) is 0 Å². The van der Waals surface area contributed by atoms with Gasteiger partial charge in [0.05, 0.1) is 16.6 Å². The first-order chi connectivity index (χ1) is 9.56. The Labute approximate surface area is 126 Å². The van der Waals surface area contributed by atoms with Gasteiger partial charge in [-0.3, -0.25) is 0 Å². The van der Waals surface area contributed by atoms with E-state index in [1.54, 1.807) is 18.2 Å². The van der Waals surface area contributed by atoms with Gasteiger partial charge in [-0.05, 0) is 29.8 Å². The number of nitrogens with two attached hydrogens (primary N) is 1. The SMILES string of the molecule is Oc1cc2c(cc1O)[C@@H](c1ccc(Cl)c(Cl)c1)[NH2+]CC2. The third kappa shape index (κ3) is 2.33. The van der Waals surface area contributed by atoms with Gasteiger partial charge in [-0.15, -0.1) is 0 Å². The van der Waals surface area contributed by atoms with Crippen LogP contribution in [0.4, 0.5) is 0 Å². The summed E-state index contributed by atoms with van der Waals surface area (Å²) in [4.78, 5) is 0. The molecule has 0 aromatic heterocycles. The number of halogens is 2. The molecule has 3 rings (SSSR count). The van der Waals surface area contributed by atoms with E-state index in [0.29, 0.717) is 10.0 Å². The number of phenolic OH excluding ortho intramolecular Hbond substituents is 2. The maximum Gasteiger partial charge on any atom is 0.157 e. The van der Waals surface area contributed by atoms with Gasteiger partial charge in [0.15, 0.2) is 11.5 Å². The van der Waals surface area contributed by atoms with Gasteiger partial charge < -0.3 is 15.5 Å². The third-order valence-corrected chi connectivity index (χ3v) is 4.43. The largest absolute Gasteiger partial charge is 0.504 e. The average molecular weight is 311 g/mol. The second-order valence-electron chi connectivity index (χ2n) is 4.97. The van der Waals surface area contributed by atoms with Crippen molar-refractivity contribution in [2.75, 3.05) is 6.54 Å². The van der Waals surface area contributed by atoms with E-state index in [9.17, 15) is 10.2 Å². The standard InChI is InChI=1S/C15H13Cl2NO2/c16-11-2-1-9(5-12(11)17)15-10-7-14(20)13(19)6-8(10)3-4-18-15/h1-2,5-7,15,18-20H,3-4H2/p+1/t15-/m1/s1. The molecule has 104 valence electrons. The molecule has 0 fully saturated rings. The quantitative estimate of drug-likeness (QED) is 0.709. The van der Waals surface area contributed by atoms with Crippen molar-refractivity contribution in [3.8, 4) is 11.5 Å². The van der Waals surface area contributed by atoms with Crippen molar-refractivity contribution in [3.05, 3.63) is 57.1 Å². The molecule has 1 aliphatic rings. The predicted octanol–water partition coefficient (Wildman–Crippen LogP) is 2.61. The summed E-state index contributed by atoms with van der Waals surface area (Å²) in [6.45, 7) is 0.919. The molecule has 1 aliphatic heterocycles. The van der Waals surface area contributed by atoms with Crippen molar-refractivity contribution in [1.29, 1.82) is 0 Å². The van der Waals surface area contributed by atoms with Crippen LogP contribution in [-0.2, 0) is 6.42 Å². The van der Waals surface area contributed by atoms with Crippen LogP contribution in [0.2, 0.25) is 10.0 Å². The van der Waals surface area contributed by atoms with Crippen molar-refractivity contribution in [2.45, 2.75) is 12.5 Å². The van der Waals surface area contributed by atoms with Gasteiger partial charge in [-0.2, -0.15) is 0 Å². The highest BCUT2D eigenvalue weighted by atomic mass is 35.5. The molecule has 0 saturated carbocycles. The van der Waals surface area contributed by atoms with Crippen LogP contribution in [-0.4, -0.2) is 16.8 Å². The summed E-state index contributed by atoms with van der Waals surface area (Å²) in [6.07, 6.45) is 0.862. The van der Waals surface area contributed by atoms with Gasteiger partial charge in [-0.1, -0.05) is 29.3 Å². The van der Waals surface area contributed by atoms with Crippen LogP contribution in [0.5, 0.6) is 11.5 Å². The summed E-state index contributed by atoms with van der Waals surface area (Å²) < 4.78 is 0. The predicted molar refractivity (Wildman–Crippen MR) is 78.6 cm³/mol. The molecule has 4 N–H and O–H groups in total. The zero-order chi connectivity index (χ0) is 14.3. The van der Waals surface area contributed by atoms with Crippen LogP contribution in [0.3, 0.4) is 0 Å². The minimum atomic E-state index is -0.0934. The fraction of sp³-hybridized carbons (Fsp3) is 0.200. The summed E-state index contributed by atoms with van der Waals surface area (Å²) >= 11 is 12.0. The first-order valence-corrected chi connectivity index (χ1v) is 7.15. The first-order valence-electron chi connectivity index (χ1n) is 6.39. The molecule has 0 aliphatic carbocycles. The summed E-state index contributed by atoms with van der Waals surface area (Å²) in [5.74, 6) is -0.164. The fourth-order valence-corrected chi connectivity index (χ4v) is 3.00. The Morgan fingerprint density at radius 2 is 1.75 bits per heavy atom. The molecule has 1 heterocycles. The Hall–Kier alpha value is -1.42. The fourth-order valence-electron chi connectivity index (χ4n) is 2.70. The summed E-state index contributed by atoms with van der Waals surface area (Å²) in [5.41, 5.74) is 3.09. The van der Waals surface area contributed by atoms with Crippen LogP contribution in [0.15, 0.2) is 30.3 Å². The molecule has 0 unspecified atom stereocenters. The van der Waals surface area contributed by atoms with Crippen molar-refractivity contribution < 1.29 is 15.5 Å². The van der Waals surface area contributed by atoms with E-state index in [2.05, 4.69) is 5.32 Å². The minimum Gasteiger partial charge on any atom is -0.504 e. The van der Waals surface area contributed by atoms with Crippen LogP contribution in [0, 0.1) is 0 Å². The molecule has 0 spiro atoms. The molecule has 0 amide bonds. The van der Waals surface area contributed by atoms with Crippen LogP contribution >= 0.6 is 23.2 Å². The van der Waals surface area contributed by atoms with Gasteiger partial charge in [0, 0.05) is 17.5 Å².